The van der Waals surface area contributed by atoms with Gasteiger partial charge in [-0.1, -0.05) is 6.07 Å². The van der Waals surface area contributed by atoms with Crippen molar-refractivity contribution in [3.05, 3.63) is 39.4 Å². The van der Waals surface area contributed by atoms with Crippen molar-refractivity contribution in [2.24, 2.45) is 5.92 Å². The van der Waals surface area contributed by atoms with Crippen LogP contribution in [0.25, 0.3) is 0 Å². The molecule has 1 aromatic carbocycles. The third kappa shape index (κ3) is 2.73. The number of carbonyl (C=O) groups excluding carboxylic acids is 1. The number of rotatable bonds is 3. The molecule has 1 amide bonds. The summed E-state index contributed by atoms with van der Waals surface area (Å²) in [5.74, 6) is -0.0832. The zero-order valence-corrected chi connectivity index (χ0v) is 10.7. The number of aliphatic hydroxyl groups is 1. The number of nitro groups is 1. The van der Waals surface area contributed by atoms with E-state index in [1.165, 1.54) is 12.1 Å². The molecule has 6 heteroatoms. The third-order valence-electron chi connectivity index (χ3n) is 3.49. The van der Waals surface area contributed by atoms with Gasteiger partial charge >= 0.3 is 0 Å². The monoisotopic (exact) mass is 264 g/mol. The summed E-state index contributed by atoms with van der Waals surface area (Å²) in [5.41, 5.74) is 1.02. The Morgan fingerprint density at radius 2 is 2.32 bits per heavy atom. The summed E-state index contributed by atoms with van der Waals surface area (Å²) in [6.45, 7) is 2.93. The van der Waals surface area contributed by atoms with Crippen molar-refractivity contribution in [1.82, 2.24) is 4.90 Å². The van der Waals surface area contributed by atoms with Crippen LogP contribution in [-0.2, 0) is 0 Å². The normalized spacial score (nSPS) is 18.6. The Balaban J connectivity index is 2.24. The number of non-ortho nitro benzene ring substituents is 1. The minimum atomic E-state index is -0.503. The molecule has 0 spiro atoms. The van der Waals surface area contributed by atoms with E-state index in [0.29, 0.717) is 18.7 Å². The van der Waals surface area contributed by atoms with E-state index in [1.54, 1.807) is 17.9 Å². The number of hydrogen-bond acceptors (Lipinski definition) is 4. The van der Waals surface area contributed by atoms with E-state index in [-0.39, 0.29) is 24.1 Å². The minimum absolute atomic E-state index is 0.0672. The first-order valence-corrected chi connectivity index (χ1v) is 6.18. The van der Waals surface area contributed by atoms with E-state index in [0.717, 1.165) is 12.0 Å². The van der Waals surface area contributed by atoms with Crippen molar-refractivity contribution in [2.75, 3.05) is 19.7 Å². The van der Waals surface area contributed by atoms with Gasteiger partial charge in [-0.05, 0) is 18.9 Å². The molecule has 1 heterocycles. The zero-order chi connectivity index (χ0) is 14.0. The molecule has 1 aliphatic rings. The highest BCUT2D eigenvalue weighted by molar-refractivity contribution is 5.96. The molecule has 2 rings (SSSR count). The van der Waals surface area contributed by atoms with E-state index in [1.807, 2.05) is 0 Å². The molecule has 1 saturated heterocycles. The molecule has 0 radical (unpaired) electrons. The molecular formula is C13H16N2O4. The largest absolute Gasteiger partial charge is 0.396 e. The van der Waals surface area contributed by atoms with E-state index >= 15 is 0 Å². The molecule has 0 aliphatic carbocycles. The number of aryl methyl sites for hydroxylation is 1. The number of aliphatic hydroxyl groups excluding tert-OH is 1. The Bertz CT molecular complexity index is 515. The van der Waals surface area contributed by atoms with E-state index < -0.39 is 4.92 Å². The van der Waals surface area contributed by atoms with Gasteiger partial charge in [0.2, 0.25) is 0 Å². The Kier molecular flexibility index (Phi) is 3.80. The molecule has 102 valence electrons. The third-order valence-corrected chi connectivity index (χ3v) is 3.49. The van der Waals surface area contributed by atoms with Gasteiger partial charge in [0, 0.05) is 43.3 Å². The van der Waals surface area contributed by atoms with Crippen LogP contribution in [-0.4, -0.2) is 40.5 Å². The lowest BCUT2D eigenvalue weighted by Gasteiger charge is -2.17. The van der Waals surface area contributed by atoms with E-state index in [2.05, 4.69) is 0 Å². The summed E-state index contributed by atoms with van der Waals surface area (Å²) in [6, 6.07) is 4.31. The topological polar surface area (TPSA) is 83.7 Å². The SMILES string of the molecule is Cc1ccc([N+](=O)[O-])cc1C(=O)N1CCC(CO)C1. The maximum Gasteiger partial charge on any atom is 0.270 e. The fourth-order valence-electron chi connectivity index (χ4n) is 2.29. The van der Waals surface area contributed by atoms with Crippen molar-refractivity contribution >= 4 is 11.6 Å². The van der Waals surface area contributed by atoms with Gasteiger partial charge in [0.15, 0.2) is 0 Å². The fraction of sp³-hybridized carbons (Fsp3) is 0.462. The number of nitrogens with zero attached hydrogens (tertiary/aromatic N) is 2. The van der Waals surface area contributed by atoms with Crippen LogP contribution in [0.2, 0.25) is 0 Å². The maximum absolute atomic E-state index is 12.3. The highest BCUT2D eigenvalue weighted by Gasteiger charge is 2.27. The first kappa shape index (κ1) is 13.5. The number of hydrogen-bond donors (Lipinski definition) is 1. The summed E-state index contributed by atoms with van der Waals surface area (Å²) in [5, 5.41) is 19.8. The molecule has 1 atom stereocenters. The number of carbonyl (C=O) groups is 1. The van der Waals surface area contributed by atoms with Crippen molar-refractivity contribution in [2.45, 2.75) is 13.3 Å². The summed E-state index contributed by atoms with van der Waals surface area (Å²) >= 11 is 0. The van der Waals surface area contributed by atoms with Gasteiger partial charge in [-0.25, -0.2) is 0 Å². The quantitative estimate of drug-likeness (QED) is 0.660. The van der Waals surface area contributed by atoms with Crippen LogP contribution < -0.4 is 0 Å². The van der Waals surface area contributed by atoms with Gasteiger partial charge in [-0.3, -0.25) is 14.9 Å². The highest BCUT2D eigenvalue weighted by Crippen LogP contribution is 2.22. The summed E-state index contributed by atoms with van der Waals surface area (Å²) in [7, 11) is 0. The summed E-state index contributed by atoms with van der Waals surface area (Å²) in [6.07, 6.45) is 0.774. The average molecular weight is 264 g/mol. The second kappa shape index (κ2) is 5.36. The van der Waals surface area contributed by atoms with Gasteiger partial charge in [-0.2, -0.15) is 0 Å². The van der Waals surface area contributed by atoms with Crippen LogP contribution in [0.1, 0.15) is 22.3 Å². The van der Waals surface area contributed by atoms with E-state index in [4.69, 9.17) is 5.11 Å². The molecule has 1 unspecified atom stereocenters. The van der Waals surface area contributed by atoms with Gasteiger partial charge in [0.05, 0.1) is 4.92 Å². The molecule has 1 N–H and O–H groups in total. The minimum Gasteiger partial charge on any atom is -0.396 e. The average Bonchev–Trinajstić information content (AvgIpc) is 2.87. The van der Waals surface area contributed by atoms with Crippen LogP contribution in [0.5, 0.6) is 0 Å². The van der Waals surface area contributed by atoms with Crippen LogP contribution in [0.3, 0.4) is 0 Å². The Morgan fingerprint density at radius 1 is 1.58 bits per heavy atom. The smallest absolute Gasteiger partial charge is 0.270 e. The number of likely N-dealkylation sites (tertiary alicyclic amines) is 1. The summed E-state index contributed by atoms with van der Waals surface area (Å²) < 4.78 is 0. The predicted molar refractivity (Wildman–Crippen MR) is 68.9 cm³/mol. The van der Waals surface area contributed by atoms with Gasteiger partial charge in [-0.15, -0.1) is 0 Å². The first-order chi connectivity index (χ1) is 9.02. The van der Waals surface area contributed by atoms with Gasteiger partial charge < -0.3 is 10.0 Å². The maximum atomic E-state index is 12.3. The van der Waals surface area contributed by atoms with Gasteiger partial charge in [0.1, 0.15) is 0 Å². The standard InChI is InChI=1S/C13H16N2O4/c1-9-2-3-11(15(18)19)6-12(9)13(17)14-5-4-10(7-14)8-16/h2-3,6,10,16H,4-5,7-8H2,1H3. The molecule has 19 heavy (non-hydrogen) atoms. The van der Waals surface area contributed by atoms with Crippen LogP contribution in [0.15, 0.2) is 18.2 Å². The number of benzene rings is 1. The second-order valence-electron chi connectivity index (χ2n) is 4.84. The molecule has 1 aromatic rings. The second-order valence-corrected chi connectivity index (χ2v) is 4.84. The zero-order valence-electron chi connectivity index (χ0n) is 10.7. The molecule has 0 bridgehead atoms. The lowest BCUT2D eigenvalue weighted by molar-refractivity contribution is -0.384. The Labute approximate surface area is 110 Å². The Morgan fingerprint density at radius 3 is 2.89 bits per heavy atom. The van der Waals surface area contributed by atoms with Crippen LogP contribution in [0.4, 0.5) is 5.69 Å². The number of nitro benzene ring substituents is 1. The molecule has 1 aliphatic heterocycles. The molecule has 0 saturated carbocycles. The molecule has 0 aromatic heterocycles. The molecular weight excluding hydrogens is 248 g/mol. The first-order valence-electron chi connectivity index (χ1n) is 6.18. The van der Waals surface area contributed by atoms with Crippen LogP contribution in [0, 0.1) is 23.0 Å². The van der Waals surface area contributed by atoms with Crippen LogP contribution >= 0.6 is 0 Å². The predicted octanol–water partition coefficient (Wildman–Crippen LogP) is 1.36. The van der Waals surface area contributed by atoms with E-state index in [9.17, 15) is 14.9 Å². The Hall–Kier alpha value is -1.95. The van der Waals surface area contributed by atoms with Crippen molar-refractivity contribution in [3.8, 4) is 0 Å². The highest BCUT2D eigenvalue weighted by atomic mass is 16.6. The molecule has 6 nitrogen and oxygen atoms in total. The number of amides is 1. The lowest BCUT2D eigenvalue weighted by Crippen LogP contribution is -2.29. The van der Waals surface area contributed by atoms with Crippen molar-refractivity contribution in [1.29, 1.82) is 0 Å². The van der Waals surface area contributed by atoms with Gasteiger partial charge in [0.25, 0.3) is 11.6 Å². The van der Waals surface area contributed by atoms with Crippen molar-refractivity contribution < 1.29 is 14.8 Å². The lowest BCUT2D eigenvalue weighted by atomic mass is 10.1. The molecule has 1 fully saturated rings. The van der Waals surface area contributed by atoms with Crippen molar-refractivity contribution in [3.63, 3.8) is 0 Å². The fourth-order valence-corrected chi connectivity index (χ4v) is 2.29. The summed E-state index contributed by atoms with van der Waals surface area (Å²) in [4.78, 5) is 24.2.